The molecule has 0 bridgehead atoms. The van der Waals surface area contributed by atoms with Gasteiger partial charge in [0.15, 0.2) is 0 Å². The number of aliphatic hydroxyl groups is 1. The van der Waals surface area contributed by atoms with Crippen molar-refractivity contribution in [1.82, 2.24) is 0 Å². The average molecular weight is 122 g/mol. The van der Waals surface area contributed by atoms with Gasteiger partial charge in [0.05, 0.1) is 11.7 Å². The summed E-state index contributed by atoms with van der Waals surface area (Å²) in [7, 11) is 0. The molecule has 0 fully saturated rings. The average Bonchev–Trinajstić information content (AvgIpc) is 1.84. The molecule has 0 saturated carbocycles. The Hall–Kier alpha value is -0.980. The summed E-state index contributed by atoms with van der Waals surface area (Å²) in [6.07, 6.45) is 5.53. The Kier molecular flexibility index (Phi) is 1.43. The van der Waals surface area contributed by atoms with Gasteiger partial charge in [-0.25, -0.2) is 0 Å². The zero-order valence-corrected chi connectivity index (χ0v) is 5.46. The fourth-order valence-corrected chi connectivity index (χ4v) is 0.797. The number of aliphatic hydroxyl groups excluding tert-OH is 1. The third kappa shape index (κ3) is 0.900. The minimum atomic E-state index is 0.106. The van der Waals surface area contributed by atoms with Crippen molar-refractivity contribution in [3.63, 3.8) is 0 Å². The van der Waals surface area contributed by atoms with Crippen molar-refractivity contribution in [3.05, 3.63) is 36.1 Å². The normalized spacial score (nSPS) is 26.1. The van der Waals surface area contributed by atoms with Gasteiger partial charge in [-0.15, -0.1) is 0 Å². The molecule has 0 unspecified atom stereocenters. The first-order chi connectivity index (χ1) is 4.25. The number of hydrogen-bond donors (Lipinski definition) is 1. The lowest BCUT2D eigenvalue weighted by atomic mass is 9.88. The van der Waals surface area contributed by atoms with E-state index in [1.165, 1.54) is 0 Å². The number of allylic oxidation sites excluding steroid dienone is 3. The van der Waals surface area contributed by atoms with Gasteiger partial charge < -0.3 is 5.11 Å². The van der Waals surface area contributed by atoms with E-state index in [9.17, 15) is 0 Å². The van der Waals surface area contributed by atoms with Crippen LogP contribution in [-0.2, 0) is 0 Å². The summed E-state index contributed by atoms with van der Waals surface area (Å²) in [5.74, 6) is 0.512. The van der Waals surface area contributed by atoms with E-state index in [-0.39, 0.29) is 5.92 Å². The van der Waals surface area contributed by atoms with Crippen LogP contribution in [0.4, 0.5) is 0 Å². The third-order valence-corrected chi connectivity index (χ3v) is 1.52. The molecule has 0 aliphatic heterocycles. The van der Waals surface area contributed by atoms with E-state index in [4.69, 9.17) is 5.11 Å². The topological polar surface area (TPSA) is 20.2 Å². The smallest absolute Gasteiger partial charge is 0.0992 e. The highest BCUT2D eigenvalue weighted by Gasteiger charge is 2.17. The third-order valence-electron chi connectivity index (χ3n) is 1.52. The van der Waals surface area contributed by atoms with Gasteiger partial charge in [-0.2, -0.15) is 0 Å². The fraction of sp³-hybridized carbons (Fsp3) is 0.250. The second kappa shape index (κ2) is 2.09. The van der Waals surface area contributed by atoms with Crippen LogP contribution in [0.15, 0.2) is 36.1 Å². The molecule has 9 heavy (non-hydrogen) atoms. The molecule has 1 rings (SSSR count). The molecule has 0 aromatic rings. The van der Waals surface area contributed by atoms with E-state index in [1.807, 2.05) is 19.1 Å². The SMILES string of the molecule is C=C1C=C[C@H]1/C(O)=C/C. The van der Waals surface area contributed by atoms with Gasteiger partial charge in [0.1, 0.15) is 0 Å². The first kappa shape index (κ1) is 6.14. The molecular weight excluding hydrogens is 112 g/mol. The minimum absolute atomic E-state index is 0.106. The summed E-state index contributed by atoms with van der Waals surface area (Å²) >= 11 is 0. The zero-order chi connectivity index (χ0) is 6.85. The molecular formula is C8H10O. The summed E-state index contributed by atoms with van der Waals surface area (Å²) in [6.45, 7) is 5.54. The van der Waals surface area contributed by atoms with Crippen LogP contribution in [-0.4, -0.2) is 5.11 Å². The standard InChI is InChI=1S/C8H10O/c1-3-8(9)7-5-4-6(7)2/h3-5,7,9H,2H2,1H3/b8-3-/t7-/m1/s1. The molecule has 0 amide bonds. The number of hydrogen-bond acceptors (Lipinski definition) is 1. The maximum atomic E-state index is 9.10. The molecule has 0 aromatic heterocycles. The lowest BCUT2D eigenvalue weighted by molar-refractivity contribution is 0.367. The van der Waals surface area contributed by atoms with Crippen molar-refractivity contribution in [2.24, 2.45) is 5.92 Å². The maximum Gasteiger partial charge on any atom is 0.0992 e. The molecule has 1 heteroatoms. The van der Waals surface area contributed by atoms with Crippen molar-refractivity contribution in [2.75, 3.05) is 0 Å². The summed E-state index contributed by atoms with van der Waals surface area (Å²) in [5, 5.41) is 9.10. The van der Waals surface area contributed by atoms with Crippen LogP contribution in [0.1, 0.15) is 6.92 Å². The Bertz CT molecular complexity index is 187. The molecule has 0 saturated heterocycles. The molecule has 48 valence electrons. The quantitative estimate of drug-likeness (QED) is 0.528. The van der Waals surface area contributed by atoms with Crippen molar-refractivity contribution in [2.45, 2.75) is 6.92 Å². The van der Waals surface area contributed by atoms with Gasteiger partial charge in [-0.05, 0) is 18.6 Å². The molecule has 1 nitrogen and oxygen atoms in total. The largest absolute Gasteiger partial charge is 0.512 e. The Morgan fingerprint density at radius 2 is 2.56 bits per heavy atom. The van der Waals surface area contributed by atoms with Crippen LogP contribution in [0.25, 0.3) is 0 Å². The van der Waals surface area contributed by atoms with Crippen LogP contribution in [0.3, 0.4) is 0 Å². The van der Waals surface area contributed by atoms with Crippen LogP contribution >= 0.6 is 0 Å². The molecule has 0 aromatic carbocycles. The van der Waals surface area contributed by atoms with Crippen molar-refractivity contribution >= 4 is 0 Å². The monoisotopic (exact) mass is 122 g/mol. The maximum absolute atomic E-state index is 9.10. The first-order valence-electron chi connectivity index (χ1n) is 2.98. The summed E-state index contributed by atoms with van der Waals surface area (Å²) < 4.78 is 0. The van der Waals surface area contributed by atoms with E-state index >= 15 is 0 Å². The van der Waals surface area contributed by atoms with Crippen LogP contribution in [0, 0.1) is 5.92 Å². The second-order valence-corrected chi connectivity index (χ2v) is 2.13. The van der Waals surface area contributed by atoms with Gasteiger partial charge in [0.25, 0.3) is 0 Å². The predicted molar refractivity (Wildman–Crippen MR) is 38.2 cm³/mol. The van der Waals surface area contributed by atoms with E-state index in [2.05, 4.69) is 6.58 Å². The first-order valence-corrected chi connectivity index (χ1v) is 2.98. The van der Waals surface area contributed by atoms with Crippen LogP contribution in [0.2, 0.25) is 0 Å². The van der Waals surface area contributed by atoms with E-state index in [0.29, 0.717) is 5.76 Å². The van der Waals surface area contributed by atoms with E-state index in [0.717, 1.165) is 5.57 Å². The molecule has 1 aliphatic rings. The summed E-state index contributed by atoms with van der Waals surface area (Å²) in [4.78, 5) is 0. The molecule has 1 aliphatic carbocycles. The van der Waals surface area contributed by atoms with Gasteiger partial charge in [-0.1, -0.05) is 18.7 Å². The fourth-order valence-electron chi connectivity index (χ4n) is 0.797. The van der Waals surface area contributed by atoms with Crippen molar-refractivity contribution in [3.8, 4) is 0 Å². The second-order valence-electron chi connectivity index (χ2n) is 2.13. The number of rotatable bonds is 1. The minimum Gasteiger partial charge on any atom is -0.512 e. The van der Waals surface area contributed by atoms with Crippen LogP contribution < -0.4 is 0 Å². The Labute approximate surface area is 55.0 Å². The van der Waals surface area contributed by atoms with Gasteiger partial charge in [0.2, 0.25) is 0 Å². The predicted octanol–water partition coefficient (Wildman–Crippen LogP) is 2.19. The van der Waals surface area contributed by atoms with Gasteiger partial charge in [-0.3, -0.25) is 0 Å². The Balaban J connectivity index is 2.67. The highest BCUT2D eigenvalue weighted by atomic mass is 16.3. The van der Waals surface area contributed by atoms with Gasteiger partial charge in [0, 0.05) is 0 Å². The Morgan fingerprint density at radius 1 is 1.89 bits per heavy atom. The molecule has 1 N–H and O–H groups in total. The van der Waals surface area contributed by atoms with Crippen molar-refractivity contribution in [1.29, 1.82) is 0 Å². The molecule has 0 spiro atoms. The Morgan fingerprint density at radius 3 is 2.67 bits per heavy atom. The highest BCUT2D eigenvalue weighted by Crippen LogP contribution is 2.27. The van der Waals surface area contributed by atoms with E-state index in [1.54, 1.807) is 6.08 Å². The molecule has 0 radical (unpaired) electrons. The lowest BCUT2D eigenvalue weighted by Crippen LogP contribution is -2.08. The summed E-state index contributed by atoms with van der Waals surface area (Å²) in [6, 6.07) is 0. The van der Waals surface area contributed by atoms with Crippen LogP contribution in [0.5, 0.6) is 0 Å². The summed E-state index contributed by atoms with van der Waals surface area (Å²) in [5.41, 5.74) is 0.991. The zero-order valence-electron chi connectivity index (χ0n) is 5.46. The molecule has 0 heterocycles. The lowest BCUT2D eigenvalue weighted by Gasteiger charge is -2.19. The highest BCUT2D eigenvalue weighted by molar-refractivity contribution is 5.38. The van der Waals surface area contributed by atoms with Gasteiger partial charge >= 0.3 is 0 Å². The van der Waals surface area contributed by atoms with Crippen molar-refractivity contribution < 1.29 is 5.11 Å². The van der Waals surface area contributed by atoms with E-state index < -0.39 is 0 Å². The molecule has 1 atom stereocenters.